The highest BCUT2D eigenvalue weighted by molar-refractivity contribution is 6.01. The van der Waals surface area contributed by atoms with E-state index in [0.717, 1.165) is 45.7 Å². The van der Waals surface area contributed by atoms with E-state index in [0.29, 0.717) is 30.0 Å². The summed E-state index contributed by atoms with van der Waals surface area (Å²) >= 11 is 0. The monoisotopic (exact) mass is 494 g/mol. The minimum atomic E-state index is -0.303. The van der Waals surface area contributed by atoms with Crippen LogP contribution in [-0.4, -0.2) is 33.3 Å². The Morgan fingerprint density at radius 2 is 1.78 bits per heavy atom. The number of carbonyl (C=O) groups excluding carboxylic acids is 1. The Labute approximate surface area is 215 Å². The average molecular weight is 495 g/mol. The molecule has 1 heterocycles. The number of tetrazole rings is 1. The molecule has 188 valence electrons. The van der Waals surface area contributed by atoms with Gasteiger partial charge in [-0.15, -0.1) is 10.2 Å². The molecule has 0 atom stereocenters. The van der Waals surface area contributed by atoms with Gasteiger partial charge in [0.1, 0.15) is 5.75 Å². The lowest BCUT2D eigenvalue weighted by atomic mass is 9.94. The van der Waals surface area contributed by atoms with Crippen LogP contribution in [0.3, 0.4) is 0 Å². The first-order valence-corrected chi connectivity index (χ1v) is 12.9. The summed E-state index contributed by atoms with van der Waals surface area (Å²) in [4.78, 5) is 13.1. The Bertz CT molecular complexity index is 1410. The second-order valence-electron chi connectivity index (χ2n) is 10.1. The van der Waals surface area contributed by atoms with Crippen LogP contribution in [0.2, 0.25) is 0 Å². The van der Waals surface area contributed by atoms with Gasteiger partial charge < -0.3 is 15.4 Å². The summed E-state index contributed by atoms with van der Waals surface area (Å²) in [6, 6.07) is 19.6. The summed E-state index contributed by atoms with van der Waals surface area (Å²) in [5.74, 6) is 2.56. The number of H-pyrrole nitrogens is 1. The van der Waals surface area contributed by atoms with Crippen molar-refractivity contribution in [1.29, 1.82) is 0 Å². The van der Waals surface area contributed by atoms with Crippen molar-refractivity contribution in [2.24, 2.45) is 11.8 Å². The minimum absolute atomic E-state index is 0.303. The summed E-state index contributed by atoms with van der Waals surface area (Å²) in [6.45, 7) is 2.67. The highest BCUT2D eigenvalue weighted by atomic mass is 16.5. The van der Waals surface area contributed by atoms with Crippen LogP contribution in [-0.2, 0) is 6.42 Å². The van der Waals surface area contributed by atoms with Gasteiger partial charge in [-0.3, -0.25) is 0 Å². The van der Waals surface area contributed by atoms with Crippen molar-refractivity contribution < 1.29 is 9.53 Å². The van der Waals surface area contributed by atoms with Gasteiger partial charge in [0.25, 0.3) is 0 Å². The maximum absolute atomic E-state index is 13.1. The van der Waals surface area contributed by atoms with Crippen molar-refractivity contribution in [3.63, 3.8) is 0 Å². The zero-order valence-corrected chi connectivity index (χ0v) is 20.8. The second-order valence-corrected chi connectivity index (χ2v) is 10.1. The van der Waals surface area contributed by atoms with E-state index in [1.165, 1.54) is 25.7 Å². The van der Waals surface area contributed by atoms with Crippen molar-refractivity contribution in [2.45, 2.75) is 39.0 Å². The lowest BCUT2D eigenvalue weighted by molar-refractivity contribution is 0.261. The summed E-state index contributed by atoms with van der Waals surface area (Å²) in [7, 11) is 0. The van der Waals surface area contributed by atoms with Crippen LogP contribution in [0.25, 0.3) is 22.5 Å². The van der Waals surface area contributed by atoms with E-state index in [2.05, 4.69) is 37.3 Å². The Morgan fingerprint density at radius 3 is 2.51 bits per heavy atom. The summed E-state index contributed by atoms with van der Waals surface area (Å²) in [6.07, 6.45) is 5.77. The van der Waals surface area contributed by atoms with E-state index in [-0.39, 0.29) is 6.03 Å². The number of carbonyl (C=O) groups is 1. The number of nitrogens with one attached hydrogen (secondary N) is 3. The van der Waals surface area contributed by atoms with Gasteiger partial charge in [-0.25, -0.2) is 4.79 Å². The van der Waals surface area contributed by atoms with Gasteiger partial charge in [0.2, 0.25) is 5.82 Å². The van der Waals surface area contributed by atoms with Crippen molar-refractivity contribution in [1.82, 2.24) is 20.6 Å². The molecule has 8 nitrogen and oxygen atoms in total. The normalized spacial score (nSPS) is 14.8. The van der Waals surface area contributed by atoms with Crippen LogP contribution in [0.5, 0.6) is 5.75 Å². The summed E-state index contributed by atoms with van der Waals surface area (Å²) in [5.41, 5.74) is 6.43. The molecular formula is C29H30N6O2. The predicted molar refractivity (Wildman–Crippen MR) is 144 cm³/mol. The third-order valence-corrected chi connectivity index (χ3v) is 6.88. The zero-order valence-electron chi connectivity index (χ0n) is 20.8. The Balaban J connectivity index is 1.39. The Hall–Kier alpha value is -4.20. The number of aromatic nitrogens is 4. The number of aromatic amines is 1. The van der Waals surface area contributed by atoms with E-state index in [1.54, 1.807) is 0 Å². The fraction of sp³-hybridized carbons (Fsp3) is 0.310. The van der Waals surface area contributed by atoms with Crippen molar-refractivity contribution >= 4 is 17.4 Å². The van der Waals surface area contributed by atoms with Crippen LogP contribution in [0.15, 0.2) is 60.7 Å². The molecule has 2 aliphatic carbocycles. The first-order valence-electron chi connectivity index (χ1n) is 12.9. The molecule has 37 heavy (non-hydrogen) atoms. The third-order valence-electron chi connectivity index (χ3n) is 6.88. The van der Waals surface area contributed by atoms with E-state index < -0.39 is 0 Å². The van der Waals surface area contributed by atoms with Crippen LogP contribution < -0.4 is 15.4 Å². The fourth-order valence-corrected chi connectivity index (χ4v) is 4.59. The fourth-order valence-electron chi connectivity index (χ4n) is 4.59. The lowest BCUT2D eigenvalue weighted by Gasteiger charge is -2.20. The molecule has 0 unspecified atom stereocenters. The maximum atomic E-state index is 13.1. The largest absolute Gasteiger partial charge is 0.491 e. The quantitative estimate of drug-likeness (QED) is 0.256. The van der Waals surface area contributed by atoms with Crippen molar-refractivity contribution in [3.8, 4) is 28.3 Å². The van der Waals surface area contributed by atoms with Crippen LogP contribution >= 0.6 is 0 Å². The average Bonchev–Trinajstić information content (AvgIpc) is 3.83. The molecule has 8 heteroatoms. The zero-order chi connectivity index (χ0) is 25.2. The molecular weight excluding hydrogens is 464 g/mol. The number of benzene rings is 3. The summed E-state index contributed by atoms with van der Waals surface area (Å²) in [5, 5.41) is 20.7. The molecule has 3 aromatic carbocycles. The highest BCUT2D eigenvalue weighted by Gasteiger charge is 2.28. The molecule has 1 aromatic heterocycles. The minimum Gasteiger partial charge on any atom is -0.491 e. The number of hydrogen-bond donors (Lipinski definition) is 3. The molecule has 0 spiro atoms. The predicted octanol–water partition coefficient (Wildman–Crippen LogP) is 6.23. The van der Waals surface area contributed by atoms with Gasteiger partial charge in [-0.1, -0.05) is 36.4 Å². The van der Waals surface area contributed by atoms with Gasteiger partial charge in [-0.2, -0.15) is 5.21 Å². The number of anilines is 2. The van der Waals surface area contributed by atoms with Crippen molar-refractivity contribution in [2.75, 3.05) is 17.2 Å². The Kier molecular flexibility index (Phi) is 6.30. The second kappa shape index (κ2) is 10.0. The molecule has 2 fully saturated rings. The highest BCUT2D eigenvalue weighted by Crippen LogP contribution is 2.43. The first kappa shape index (κ1) is 23.2. The van der Waals surface area contributed by atoms with E-state index in [9.17, 15) is 4.79 Å². The van der Waals surface area contributed by atoms with Crippen LogP contribution in [0, 0.1) is 18.8 Å². The lowest BCUT2D eigenvalue weighted by Crippen LogP contribution is -2.20. The topological polar surface area (TPSA) is 105 Å². The van der Waals surface area contributed by atoms with Gasteiger partial charge in [0.15, 0.2) is 0 Å². The molecule has 2 aliphatic rings. The molecule has 0 bridgehead atoms. The molecule has 2 amide bonds. The van der Waals surface area contributed by atoms with E-state index in [4.69, 9.17) is 4.74 Å². The number of hydrogen-bond acceptors (Lipinski definition) is 5. The number of aryl methyl sites for hydroxylation is 1. The molecule has 2 saturated carbocycles. The Morgan fingerprint density at radius 1 is 0.973 bits per heavy atom. The standard InChI is InChI=1S/C29H30N6O2/c1-18-5-4-6-23(13-18)30-29(36)31-26-16-21(24-7-2-3-8-25(24)28-32-34-35-33-28)15-22(14-19-9-10-19)27(26)37-17-20-11-12-20/h2-8,13,15-16,19-20H,9-12,14,17H2,1H3,(H2,30,31,36)(H,32,33,34,35). The molecule has 6 rings (SSSR count). The van der Waals surface area contributed by atoms with E-state index >= 15 is 0 Å². The van der Waals surface area contributed by atoms with Crippen LogP contribution in [0.1, 0.15) is 36.8 Å². The smallest absolute Gasteiger partial charge is 0.323 e. The first-order chi connectivity index (χ1) is 18.1. The van der Waals surface area contributed by atoms with Gasteiger partial charge >= 0.3 is 6.03 Å². The molecule has 4 aromatic rings. The SMILES string of the molecule is Cc1cccc(NC(=O)Nc2cc(-c3ccccc3-c3nn[nH]n3)cc(CC3CC3)c2OCC2CC2)c1. The third kappa shape index (κ3) is 5.63. The van der Waals surface area contributed by atoms with Gasteiger partial charge in [0, 0.05) is 11.3 Å². The van der Waals surface area contributed by atoms with Gasteiger partial charge in [0.05, 0.1) is 12.3 Å². The van der Waals surface area contributed by atoms with Gasteiger partial charge in [-0.05, 0) is 103 Å². The van der Waals surface area contributed by atoms with E-state index in [1.807, 2.05) is 61.5 Å². The number of amides is 2. The number of urea groups is 1. The molecule has 0 aliphatic heterocycles. The number of ether oxygens (including phenoxy) is 1. The summed E-state index contributed by atoms with van der Waals surface area (Å²) < 4.78 is 6.40. The van der Waals surface area contributed by atoms with Crippen molar-refractivity contribution in [3.05, 3.63) is 71.8 Å². The molecule has 3 N–H and O–H groups in total. The number of rotatable bonds is 9. The molecule has 0 radical (unpaired) electrons. The maximum Gasteiger partial charge on any atom is 0.323 e. The number of nitrogens with zero attached hydrogens (tertiary/aromatic N) is 3. The molecule has 0 saturated heterocycles. The van der Waals surface area contributed by atoms with Crippen LogP contribution in [0.4, 0.5) is 16.2 Å².